The molecular formula is C13H10FN5O2. The van der Waals surface area contributed by atoms with Gasteiger partial charge in [-0.05, 0) is 17.7 Å². The molecule has 2 heterocycles. The first-order valence-electron chi connectivity index (χ1n) is 5.90. The van der Waals surface area contributed by atoms with Crippen LogP contribution in [0.5, 0.6) is 0 Å². The van der Waals surface area contributed by atoms with Crippen molar-refractivity contribution in [1.29, 1.82) is 0 Å². The topological polar surface area (TPSA) is 120 Å². The molecule has 1 aromatic carbocycles. The summed E-state index contributed by atoms with van der Waals surface area (Å²) in [5, 5.41) is 13.2. The van der Waals surface area contributed by atoms with Gasteiger partial charge in [-0.3, -0.25) is 0 Å². The average molecular weight is 287 g/mol. The molecule has 3 aromatic rings. The molecule has 0 unspecified atom stereocenters. The molecule has 0 fully saturated rings. The molecule has 0 atom stereocenters. The van der Waals surface area contributed by atoms with E-state index in [4.69, 9.17) is 11.5 Å². The lowest BCUT2D eigenvalue weighted by Crippen LogP contribution is -1.99. The Bertz CT molecular complexity index is 874. The molecular weight excluding hydrogens is 277 g/mol. The van der Waals surface area contributed by atoms with E-state index < -0.39 is 11.8 Å². The van der Waals surface area contributed by atoms with Crippen LogP contribution in [0.15, 0.2) is 30.6 Å². The molecule has 0 amide bonds. The summed E-state index contributed by atoms with van der Waals surface area (Å²) in [4.78, 5) is 15.2. The smallest absolute Gasteiger partial charge is 0.337 e. The summed E-state index contributed by atoms with van der Waals surface area (Å²) in [6, 6.07) is 4.09. The number of halogens is 1. The number of carbonyl (C=O) groups is 1. The largest absolute Gasteiger partial charge is 0.478 e. The summed E-state index contributed by atoms with van der Waals surface area (Å²) in [5.74, 6) is -1.78. The van der Waals surface area contributed by atoms with E-state index in [1.54, 1.807) is 0 Å². The summed E-state index contributed by atoms with van der Waals surface area (Å²) in [7, 11) is 0. The summed E-state index contributed by atoms with van der Waals surface area (Å²) in [6.45, 7) is 0. The van der Waals surface area contributed by atoms with Gasteiger partial charge in [0.05, 0.1) is 23.0 Å². The van der Waals surface area contributed by atoms with Gasteiger partial charge in [-0.2, -0.15) is 0 Å². The van der Waals surface area contributed by atoms with E-state index in [0.717, 1.165) is 0 Å². The van der Waals surface area contributed by atoms with Crippen LogP contribution in [-0.4, -0.2) is 25.7 Å². The Balaban J connectivity index is 2.36. The SMILES string of the molecule is Nc1ncc2c(-c3ccc(N)c(F)c3)c(C(=O)O)cn2n1. The number of hydrogen-bond acceptors (Lipinski definition) is 5. The first kappa shape index (κ1) is 12.9. The summed E-state index contributed by atoms with van der Waals surface area (Å²) >= 11 is 0. The predicted octanol–water partition coefficient (Wildman–Crippen LogP) is 1.40. The van der Waals surface area contributed by atoms with Gasteiger partial charge in [-0.1, -0.05) is 6.07 Å². The van der Waals surface area contributed by atoms with Gasteiger partial charge < -0.3 is 16.6 Å². The Hall–Kier alpha value is -3.16. The van der Waals surface area contributed by atoms with Crippen LogP contribution in [-0.2, 0) is 0 Å². The van der Waals surface area contributed by atoms with Gasteiger partial charge in [-0.25, -0.2) is 18.7 Å². The van der Waals surface area contributed by atoms with E-state index >= 15 is 0 Å². The number of anilines is 2. The van der Waals surface area contributed by atoms with Crippen LogP contribution in [0.2, 0.25) is 0 Å². The van der Waals surface area contributed by atoms with Crippen LogP contribution in [0.3, 0.4) is 0 Å². The minimum Gasteiger partial charge on any atom is -0.478 e. The zero-order valence-corrected chi connectivity index (χ0v) is 10.6. The fraction of sp³-hybridized carbons (Fsp3) is 0. The van der Waals surface area contributed by atoms with Crippen LogP contribution < -0.4 is 11.5 Å². The van der Waals surface area contributed by atoms with E-state index in [1.807, 2.05) is 0 Å². The number of nitrogens with two attached hydrogens (primary N) is 2. The van der Waals surface area contributed by atoms with Crippen molar-refractivity contribution in [3.63, 3.8) is 0 Å². The van der Waals surface area contributed by atoms with Crippen molar-refractivity contribution in [2.24, 2.45) is 0 Å². The number of nitrogens with zero attached hydrogens (tertiary/aromatic N) is 3. The quantitative estimate of drug-likeness (QED) is 0.613. The van der Waals surface area contributed by atoms with E-state index in [2.05, 4.69) is 10.1 Å². The molecule has 3 rings (SSSR count). The fourth-order valence-electron chi connectivity index (χ4n) is 2.13. The molecule has 8 heteroatoms. The number of aromatic carboxylic acids is 1. The minimum absolute atomic E-state index is 0.00414. The van der Waals surface area contributed by atoms with Gasteiger partial charge in [0.15, 0.2) is 0 Å². The molecule has 7 nitrogen and oxygen atoms in total. The number of nitrogen functional groups attached to an aromatic ring is 2. The molecule has 0 aliphatic carbocycles. The Morgan fingerprint density at radius 3 is 2.76 bits per heavy atom. The van der Waals surface area contributed by atoms with Gasteiger partial charge in [0.2, 0.25) is 5.95 Å². The summed E-state index contributed by atoms with van der Waals surface area (Å²) in [5.41, 5.74) is 12.0. The van der Waals surface area contributed by atoms with Crippen molar-refractivity contribution in [3.8, 4) is 11.1 Å². The third-order valence-corrected chi connectivity index (χ3v) is 3.07. The van der Waals surface area contributed by atoms with Crippen molar-refractivity contribution in [2.45, 2.75) is 0 Å². The lowest BCUT2D eigenvalue weighted by atomic mass is 10.0. The average Bonchev–Trinajstić information content (AvgIpc) is 2.80. The lowest BCUT2D eigenvalue weighted by Gasteiger charge is -2.04. The maximum absolute atomic E-state index is 13.6. The predicted molar refractivity (Wildman–Crippen MR) is 74.2 cm³/mol. The van der Waals surface area contributed by atoms with Crippen molar-refractivity contribution in [3.05, 3.63) is 42.0 Å². The molecule has 5 N–H and O–H groups in total. The van der Waals surface area contributed by atoms with Crippen molar-refractivity contribution in [2.75, 3.05) is 11.5 Å². The molecule has 0 saturated carbocycles. The van der Waals surface area contributed by atoms with Gasteiger partial charge >= 0.3 is 5.97 Å². The number of fused-ring (bicyclic) bond motifs is 1. The van der Waals surface area contributed by atoms with E-state index in [1.165, 1.54) is 35.1 Å². The highest BCUT2D eigenvalue weighted by molar-refractivity contribution is 6.01. The zero-order chi connectivity index (χ0) is 15.1. The maximum Gasteiger partial charge on any atom is 0.337 e. The molecule has 0 aliphatic heterocycles. The number of benzene rings is 1. The van der Waals surface area contributed by atoms with Crippen molar-refractivity contribution >= 4 is 23.1 Å². The Morgan fingerprint density at radius 2 is 2.10 bits per heavy atom. The van der Waals surface area contributed by atoms with E-state index in [-0.39, 0.29) is 17.2 Å². The Kier molecular flexibility index (Phi) is 2.72. The normalized spacial score (nSPS) is 10.9. The molecule has 0 bridgehead atoms. The number of hydrogen-bond donors (Lipinski definition) is 3. The molecule has 0 spiro atoms. The molecule has 2 aromatic heterocycles. The monoisotopic (exact) mass is 287 g/mol. The first-order valence-corrected chi connectivity index (χ1v) is 5.90. The zero-order valence-electron chi connectivity index (χ0n) is 10.6. The van der Waals surface area contributed by atoms with Crippen LogP contribution in [0.1, 0.15) is 10.4 Å². The molecule has 106 valence electrons. The second-order valence-electron chi connectivity index (χ2n) is 4.41. The molecule has 0 radical (unpaired) electrons. The second kappa shape index (κ2) is 4.44. The summed E-state index contributed by atoms with van der Waals surface area (Å²) < 4.78 is 14.9. The highest BCUT2D eigenvalue weighted by atomic mass is 19.1. The van der Waals surface area contributed by atoms with Crippen molar-refractivity contribution in [1.82, 2.24) is 14.6 Å². The molecule has 0 saturated heterocycles. The molecule has 0 aliphatic rings. The van der Waals surface area contributed by atoms with E-state index in [9.17, 15) is 14.3 Å². The number of carboxylic acid groups (broad SMARTS) is 1. The van der Waals surface area contributed by atoms with Gasteiger partial charge in [0.25, 0.3) is 0 Å². The third-order valence-electron chi connectivity index (χ3n) is 3.07. The van der Waals surface area contributed by atoms with Gasteiger partial charge in [-0.15, -0.1) is 5.10 Å². The van der Waals surface area contributed by atoms with Gasteiger partial charge in [0, 0.05) is 11.8 Å². The highest BCUT2D eigenvalue weighted by Gasteiger charge is 2.19. The Labute approximate surface area is 117 Å². The third kappa shape index (κ3) is 2.02. The van der Waals surface area contributed by atoms with E-state index in [0.29, 0.717) is 16.6 Å². The lowest BCUT2D eigenvalue weighted by molar-refractivity contribution is 0.0697. The summed E-state index contributed by atoms with van der Waals surface area (Å²) in [6.07, 6.45) is 2.69. The van der Waals surface area contributed by atoms with Crippen LogP contribution in [0.4, 0.5) is 16.0 Å². The number of rotatable bonds is 2. The maximum atomic E-state index is 13.6. The van der Waals surface area contributed by atoms with Crippen LogP contribution >= 0.6 is 0 Å². The molecule has 21 heavy (non-hydrogen) atoms. The van der Waals surface area contributed by atoms with Crippen molar-refractivity contribution < 1.29 is 14.3 Å². The van der Waals surface area contributed by atoms with Gasteiger partial charge in [0.1, 0.15) is 5.82 Å². The highest BCUT2D eigenvalue weighted by Crippen LogP contribution is 2.31. The fourth-order valence-corrected chi connectivity index (χ4v) is 2.13. The minimum atomic E-state index is -1.16. The number of aromatic nitrogens is 3. The second-order valence-corrected chi connectivity index (χ2v) is 4.41. The number of carboxylic acids is 1. The van der Waals surface area contributed by atoms with Crippen LogP contribution in [0.25, 0.3) is 16.6 Å². The first-order chi connectivity index (χ1) is 9.97. The standard InChI is InChI=1S/C13H10FN5O2/c14-8-3-6(1-2-9(8)15)11-7(12(20)21)5-19-10(11)4-17-13(16)18-19/h1-5H,15H2,(H2,16,18)(H,20,21). The van der Waals surface area contributed by atoms with Crippen LogP contribution in [0, 0.1) is 5.82 Å². The Morgan fingerprint density at radius 1 is 1.33 bits per heavy atom.